The molecule has 1 atom stereocenters. The summed E-state index contributed by atoms with van der Waals surface area (Å²) < 4.78 is 23.5. The van der Waals surface area contributed by atoms with Gasteiger partial charge in [-0.25, -0.2) is 8.42 Å². The molecule has 0 aromatic heterocycles. The second kappa shape index (κ2) is 6.71. The molecule has 0 saturated carbocycles. The Kier molecular flexibility index (Phi) is 5.89. The Morgan fingerprint density at radius 3 is 2.71 bits per heavy atom. The summed E-state index contributed by atoms with van der Waals surface area (Å²) >= 11 is 0. The van der Waals surface area contributed by atoms with Crippen molar-refractivity contribution in [2.45, 2.75) is 50.8 Å². The third kappa shape index (κ3) is 4.56. The van der Waals surface area contributed by atoms with Crippen molar-refractivity contribution in [1.82, 2.24) is 4.90 Å². The quantitative estimate of drug-likeness (QED) is 0.746. The van der Waals surface area contributed by atoms with Crippen molar-refractivity contribution < 1.29 is 13.5 Å². The van der Waals surface area contributed by atoms with Crippen LogP contribution in [-0.4, -0.2) is 55.2 Å². The molecule has 17 heavy (non-hydrogen) atoms. The van der Waals surface area contributed by atoms with Crippen LogP contribution in [0.1, 0.15) is 39.5 Å². The van der Waals surface area contributed by atoms with Crippen LogP contribution in [0.15, 0.2) is 0 Å². The Labute approximate surface area is 105 Å². The van der Waals surface area contributed by atoms with Crippen molar-refractivity contribution >= 4 is 9.84 Å². The highest BCUT2D eigenvalue weighted by Gasteiger charge is 2.26. The zero-order chi connectivity index (χ0) is 12.9. The second-order valence-electron chi connectivity index (χ2n) is 5.11. The van der Waals surface area contributed by atoms with E-state index in [1.54, 1.807) is 13.8 Å². The molecule has 1 rings (SSSR count). The Bertz CT molecular complexity index is 314. The molecule has 1 saturated heterocycles. The van der Waals surface area contributed by atoms with Crippen LogP contribution < -0.4 is 0 Å². The number of hydrogen-bond donors (Lipinski definition) is 1. The van der Waals surface area contributed by atoms with Crippen molar-refractivity contribution in [2.75, 3.05) is 25.4 Å². The fourth-order valence-corrected chi connectivity index (χ4v) is 3.28. The number of sulfone groups is 1. The average molecular weight is 263 g/mol. The minimum atomic E-state index is -2.92. The van der Waals surface area contributed by atoms with Crippen molar-refractivity contribution in [2.24, 2.45) is 0 Å². The molecule has 0 aliphatic carbocycles. The predicted molar refractivity (Wildman–Crippen MR) is 69.8 cm³/mol. The summed E-state index contributed by atoms with van der Waals surface area (Å²) in [4.78, 5) is 2.27. The Hall–Kier alpha value is -0.130. The van der Waals surface area contributed by atoms with Gasteiger partial charge in [-0.15, -0.1) is 0 Å². The minimum absolute atomic E-state index is 0.231. The summed E-state index contributed by atoms with van der Waals surface area (Å²) in [5.41, 5.74) is 0. The van der Waals surface area contributed by atoms with E-state index in [9.17, 15) is 8.42 Å². The molecule has 102 valence electrons. The van der Waals surface area contributed by atoms with E-state index >= 15 is 0 Å². The maximum Gasteiger partial charge on any atom is 0.153 e. The molecule has 0 radical (unpaired) electrons. The molecule has 1 unspecified atom stereocenters. The van der Waals surface area contributed by atoms with Gasteiger partial charge in [-0.05, 0) is 46.1 Å². The number of rotatable bonds is 7. The monoisotopic (exact) mass is 263 g/mol. The van der Waals surface area contributed by atoms with Crippen molar-refractivity contribution in [3.05, 3.63) is 0 Å². The molecule has 4 nitrogen and oxygen atoms in total. The first kappa shape index (κ1) is 14.9. The fourth-order valence-electron chi connectivity index (χ4n) is 2.32. The number of hydrogen-bond acceptors (Lipinski definition) is 4. The lowest BCUT2D eigenvalue weighted by molar-refractivity contribution is 0.224. The molecule has 0 spiro atoms. The normalized spacial score (nSPS) is 22.5. The third-order valence-electron chi connectivity index (χ3n) is 3.58. The molecular formula is C12H25NO3S. The Balaban J connectivity index is 2.40. The number of aliphatic hydroxyl groups excluding tert-OH is 1. The van der Waals surface area contributed by atoms with Crippen LogP contribution in [0.5, 0.6) is 0 Å². The first-order chi connectivity index (χ1) is 7.97. The van der Waals surface area contributed by atoms with Gasteiger partial charge in [0.25, 0.3) is 0 Å². The van der Waals surface area contributed by atoms with Crippen LogP contribution in [0, 0.1) is 0 Å². The lowest BCUT2D eigenvalue weighted by atomic mass is 10.1. The highest BCUT2D eigenvalue weighted by atomic mass is 32.2. The van der Waals surface area contributed by atoms with Gasteiger partial charge in [0.05, 0.1) is 11.0 Å². The summed E-state index contributed by atoms with van der Waals surface area (Å²) in [5, 5.41) is 8.55. The zero-order valence-electron chi connectivity index (χ0n) is 10.9. The molecule has 0 amide bonds. The van der Waals surface area contributed by atoms with Gasteiger partial charge in [-0.3, -0.25) is 4.90 Å². The first-order valence-corrected chi connectivity index (χ1v) is 8.25. The zero-order valence-corrected chi connectivity index (χ0v) is 11.7. The topological polar surface area (TPSA) is 57.6 Å². The summed E-state index contributed by atoms with van der Waals surface area (Å²) in [5.74, 6) is 0.264. The number of nitrogens with zero attached hydrogens (tertiary/aromatic N) is 1. The molecule has 1 aliphatic heterocycles. The molecule has 1 aliphatic rings. The molecule has 1 N–H and O–H groups in total. The van der Waals surface area contributed by atoms with Gasteiger partial charge in [0.15, 0.2) is 9.84 Å². The molecule has 1 heterocycles. The maximum atomic E-state index is 11.7. The van der Waals surface area contributed by atoms with Gasteiger partial charge in [0, 0.05) is 19.2 Å². The summed E-state index contributed by atoms with van der Waals surface area (Å²) in [6.07, 6.45) is 4.09. The van der Waals surface area contributed by atoms with E-state index < -0.39 is 9.84 Å². The van der Waals surface area contributed by atoms with Crippen LogP contribution >= 0.6 is 0 Å². The maximum absolute atomic E-state index is 11.7. The van der Waals surface area contributed by atoms with Gasteiger partial charge in [0.1, 0.15) is 0 Å². The smallest absolute Gasteiger partial charge is 0.153 e. The van der Waals surface area contributed by atoms with Gasteiger partial charge in [0.2, 0.25) is 0 Å². The van der Waals surface area contributed by atoms with E-state index in [0.29, 0.717) is 12.6 Å². The number of likely N-dealkylation sites (tertiary alicyclic amines) is 1. The standard InChI is InChI=1S/C12H25NO3S/c1-11(2)17(15,16)10-8-13-7-3-5-12(13)6-4-9-14/h11-12,14H,3-10H2,1-2H3. The van der Waals surface area contributed by atoms with E-state index in [1.807, 2.05) is 0 Å². The van der Waals surface area contributed by atoms with Crippen LogP contribution in [0.2, 0.25) is 0 Å². The van der Waals surface area contributed by atoms with E-state index in [0.717, 1.165) is 32.2 Å². The van der Waals surface area contributed by atoms with Gasteiger partial charge in [-0.2, -0.15) is 0 Å². The summed E-state index contributed by atoms with van der Waals surface area (Å²) in [6, 6.07) is 0.476. The van der Waals surface area contributed by atoms with E-state index in [-0.39, 0.29) is 17.6 Å². The molecule has 0 bridgehead atoms. The summed E-state index contributed by atoms with van der Waals surface area (Å²) in [6.45, 7) is 5.36. The van der Waals surface area contributed by atoms with Gasteiger partial charge >= 0.3 is 0 Å². The Morgan fingerprint density at radius 1 is 1.41 bits per heavy atom. The molecule has 0 aromatic rings. The minimum Gasteiger partial charge on any atom is -0.396 e. The molecular weight excluding hydrogens is 238 g/mol. The molecule has 5 heteroatoms. The average Bonchev–Trinajstić information content (AvgIpc) is 2.71. The number of aliphatic hydroxyl groups is 1. The lowest BCUT2D eigenvalue weighted by Crippen LogP contribution is -2.35. The molecule has 1 fully saturated rings. The predicted octanol–water partition coefficient (Wildman–Crippen LogP) is 1.05. The highest BCUT2D eigenvalue weighted by molar-refractivity contribution is 7.92. The van der Waals surface area contributed by atoms with Crippen LogP contribution in [0.25, 0.3) is 0 Å². The van der Waals surface area contributed by atoms with Crippen LogP contribution in [0.3, 0.4) is 0 Å². The third-order valence-corrected chi connectivity index (χ3v) is 5.76. The van der Waals surface area contributed by atoms with E-state index in [1.165, 1.54) is 0 Å². The first-order valence-electron chi connectivity index (χ1n) is 6.54. The van der Waals surface area contributed by atoms with Gasteiger partial charge in [-0.1, -0.05) is 0 Å². The largest absolute Gasteiger partial charge is 0.396 e. The van der Waals surface area contributed by atoms with E-state index in [2.05, 4.69) is 4.90 Å². The SMILES string of the molecule is CC(C)S(=O)(=O)CCN1CCCC1CCCO. The molecule has 0 aromatic carbocycles. The fraction of sp³-hybridized carbons (Fsp3) is 1.00. The van der Waals surface area contributed by atoms with Crippen LogP contribution in [0.4, 0.5) is 0 Å². The second-order valence-corrected chi connectivity index (χ2v) is 7.79. The van der Waals surface area contributed by atoms with Gasteiger partial charge < -0.3 is 5.11 Å². The summed E-state index contributed by atoms with van der Waals surface area (Å²) in [7, 11) is -2.92. The lowest BCUT2D eigenvalue weighted by Gasteiger charge is -2.24. The van der Waals surface area contributed by atoms with Crippen LogP contribution in [-0.2, 0) is 9.84 Å². The highest BCUT2D eigenvalue weighted by Crippen LogP contribution is 2.21. The van der Waals surface area contributed by atoms with Crippen molar-refractivity contribution in [3.8, 4) is 0 Å². The Morgan fingerprint density at radius 2 is 2.12 bits per heavy atom. The van der Waals surface area contributed by atoms with Crippen molar-refractivity contribution in [1.29, 1.82) is 0 Å². The van der Waals surface area contributed by atoms with Crippen molar-refractivity contribution in [3.63, 3.8) is 0 Å². The van der Waals surface area contributed by atoms with E-state index in [4.69, 9.17) is 5.11 Å².